The van der Waals surface area contributed by atoms with Crippen LogP contribution in [-0.4, -0.2) is 21.4 Å². The van der Waals surface area contributed by atoms with Crippen LogP contribution in [0.2, 0.25) is 5.02 Å². The number of phenols is 1. The molecule has 3 rings (SSSR count). The van der Waals surface area contributed by atoms with E-state index in [2.05, 4.69) is 10.1 Å². The second-order valence-electron chi connectivity index (χ2n) is 5.00. The van der Waals surface area contributed by atoms with Gasteiger partial charge in [0.2, 0.25) is 0 Å². The molecule has 0 saturated heterocycles. The van der Waals surface area contributed by atoms with E-state index < -0.39 is 11.6 Å². The molecule has 1 N–H and O–H groups in total. The summed E-state index contributed by atoms with van der Waals surface area (Å²) in [6.07, 6.45) is -4.06. The maximum Gasteiger partial charge on any atom is 0.401 e. The Kier molecular flexibility index (Phi) is 3.12. The van der Waals surface area contributed by atoms with Crippen LogP contribution in [0.5, 0.6) is 5.75 Å². The molecule has 8 heteroatoms. The van der Waals surface area contributed by atoms with Crippen molar-refractivity contribution in [2.45, 2.75) is 30.9 Å². The van der Waals surface area contributed by atoms with Gasteiger partial charge >= 0.3 is 6.18 Å². The van der Waals surface area contributed by atoms with Gasteiger partial charge in [0.15, 0.2) is 5.82 Å². The molecule has 1 fully saturated rings. The number of aromatic hydroxyl groups is 1. The fourth-order valence-corrected chi connectivity index (χ4v) is 2.58. The summed E-state index contributed by atoms with van der Waals surface area (Å²) in [6.45, 7) is 0. The summed E-state index contributed by atoms with van der Waals surface area (Å²) in [6, 6.07) is 4.33. The number of rotatable bonds is 2. The second kappa shape index (κ2) is 4.62. The highest BCUT2D eigenvalue weighted by Crippen LogP contribution is 2.53. The zero-order valence-electron chi connectivity index (χ0n) is 10.6. The van der Waals surface area contributed by atoms with E-state index >= 15 is 0 Å². The van der Waals surface area contributed by atoms with Crippen molar-refractivity contribution in [1.29, 1.82) is 0 Å². The van der Waals surface area contributed by atoms with Crippen molar-refractivity contribution in [2.24, 2.45) is 0 Å². The number of benzene rings is 1. The Morgan fingerprint density at radius 2 is 2.00 bits per heavy atom. The predicted octanol–water partition coefficient (Wildman–Crippen LogP) is 4.08. The van der Waals surface area contributed by atoms with Crippen LogP contribution in [-0.2, 0) is 5.41 Å². The van der Waals surface area contributed by atoms with Crippen LogP contribution in [0.4, 0.5) is 13.2 Å². The van der Waals surface area contributed by atoms with Gasteiger partial charge in [0.25, 0.3) is 5.89 Å². The molecule has 21 heavy (non-hydrogen) atoms. The van der Waals surface area contributed by atoms with Gasteiger partial charge in [0, 0.05) is 0 Å². The van der Waals surface area contributed by atoms with E-state index in [1.54, 1.807) is 0 Å². The van der Waals surface area contributed by atoms with Gasteiger partial charge in [0.05, 0.1) is 10.6 Å². The van der Waals surface area contributed by atoms with Crippen molar-refractivity contribution >= 4 is 11.6 Å². The Morgan fingerprint density at radius 1 is 1.29 bits per heavy atom. The Morgan fingerprint density at radius 3 is 2.57 bits per heavy atom. The van der Waals surface area contributed by atoms with Crippen molar-refractivity contribution in [3.63, 3.8) is 0 Å². The first-order valence-corrected chi connectivity index (χ1v) is 6.62. The molecule has 112 valence electrons. The lowest BCUT2D eigenvalue weighted by atomic mass is 9.67. The molecule has 0 spiro atoms. The third kappa shape index (κ3) is 2.07. The maximum atomic E-state index is 13.2. The van der Waals surface area contributed by atoms with E-state index in [-0.39, 0.29) is 40.9 Å². The number of nitrogens with zero attached hydrogens (tertiary/aromatic N) is 2. The van der Waals surface area contributed by atoms with E-state index in [9.17, 15) is 18.3 Å². The molecule has 1 saturated carbocycles. The van der Waals surface area contributed by atoms with Crippen molar-refractivity contribution in [2.75, 3.05) is 0 Å². The fourth-order valence-electron chi connectivity index (χ4n) is 2.38. The number of phenolic OH excluding ortho intramolecular Hbond substituents is 1. The lowest BCUT2D eigenvalue weighted by Gasteiger charge is -2.40. The molecule has 1 aromatic heterocycles. The fraction of sp³-hybridized carbons (Fsp3) is 0.385. The Balaban J connectivity index is 2.03. The van der Waals surface area contributed by atoms with Gasteiger partial charge in [-0.1, -0.05) is 29.2 Å². The van der Waals surface area contributed by atoms with Crippen LogP contribution >= 0.6 is 11.6 Å². The molecule has 1 aromatic carbocycles. The summed E-state index contributed by atoms with van der Waals surface area (Å²) in [5.74, 6) is -0.722. The van der Waals surface area contributed by atoms with Gasteiger partial charge in [-0.3, -0.25) is 0 Å². The van der Waals surface area contributed by atoms with E-state index in [1.165, 1.54) is 18.2 Å². The molecule has 0 aliphatic heterocycles. The van der Waals surface area contributed by atoms with E-state index in [1.807, 2.05) is 0 Å². The molecule has 1 aliphatic carbocycles. The maximum absolute atomic E-state index is 13.2. The van der Waals surface area contributed by atoms with Crippen molar-refractivity contribution in [3.05, 3.63) is 29.0 Å². The highest BCUT2D eigenvalue weighted by molar-refractivity contribution is 6.34. The molecule has 0 amide bonds. The quantitative estimate of drug-likeness (QED) is 0.906. The highest BCUT2D eigenvalue weighted by atomic mass is 35.5. The monoisotopic (exact) mass is 318 g/mol. The summed E-state index contributed by atoms with van der Waals surface area (Å²) in [4.78, 5) is 3.85. The molecular formula is C13H10ClF3N2O2. The first-order chi connectivity index (χ1) is 9.85. The van der Waals surface area contributed by atoms with Crippen LogP contribution < -0.4 is 0 Å². The first-order valence-electron chi connectivity index (χ1n) is 6.24. The normalized spacial score (nSPS) is 17.5. The number of halogens is 4. The Hall–Kier alpha value is -1.76. The third-order valence-corrected chi connectivity index (χ3v) is 4.21. The third-order valence-electron chi connectivity index (χ3n) is 3.81. The summed E-state index contributed by atoms with van der Waals surface area (Å²) < 4.78 is 44.5. The minimum Gasteiger partial charge on any atom is -0.506 e. The average Bonchev–Trinajstić information content (AvgIpc) is 2.78. The molecular weight excluding hydrogens is 309 g/mol. The summed E-state index contributed by atoms with van der Waals surface area (Å²) in [5.41, 5.74) is -1.83. The number of hydrogen-bond donors (Lipinski definition) is 1. The molecule has 0 atom stereocenters. The van der Waals surface area contributed by atoms with Gasteiger partial charge in [-0.15, -0.1) is 0 Å². The Bertz CT molecular complexity index is 680. The molecule has 4 nitrogen and oxygen atoms in total. The molecule has 0 bridgehead atoms. The van der Waals surface area contributed by atoms with Crippen LogP contribution in [0.3, 0.4) is 0 Å². The van der Waals surface area contributed by atoms with Gasteiger partial charge in [0.1, 0.15) is 11.2 Å². The van der Waals surface area contributed by atoms with Gasteiger partial charge in [-0.25, -0.2) is 0 Å². The minimum atomic E-state index is -4.42. The molecule has 0 radical (unpaired) electrons. The first kappa shape index (κ1) is 14.2. The van der Waals surface area contributed by atoms with Crippen LogP contribution in [0.1, 0.15) is 25.1 Å². The summed E-state index contributed by atoms with van der Waals surface area (Å²) in [5, 5.41) is 13.0. The van der Waals surface area contributed by atoms with Gasteiger partial charge < -0.3 is 9.63 Å². The molecule has 0 unspecified atom stereocenters. The zero-order chi connectivity index (χ0) is 15.3. The summed E-state index contributed by atoms with van der Waals surface area (Å²) >= 11 is 5.89. The van der Waals surface area contributed by atoms with E-state index in [0.29, 0.717) is 6.42 Å². The minimum absolute atomic E-state index is 0.0395. The van der Waals surface area contributed by atoms with Crippen molar-refractivity contribution < 1.29 is 22.8 Å². The van der Waals surface area contributed by atoms with Gasteiger partial charge in [-0.2, -0.15) is 18.2 Å². The van der Waals surface area contributed by atoms with Gasteiger partial charge in [-0.05, 0) is 25.0 Å². The topological polar surface area (TPSA) is 59.2 Å². The lowest BCUT2D eigenvalue weighted by Crippen LogP contribution is -2.48. The molecule has 2 aromatic rings. The second-order valence-corrected chi connectivity index (χ2v) is 5.37. The highest BCUT2D eigenvalue weighted by Gasteiger charge is 2.62. The van der Waals surface area contributed by atoms with Crippen LogP contribution in [0.25, 0.3) is 11.5 Å². The van der Waals surface area contributed by atoms with Crippen molar-refractivity contribution in [1.82, 2.24) is 10.1 Å². The lowest BCUT2D eigenvalue weighted by molar-refractivity contribution is -0.215. The largest absolute Gasteiger partial charge is 0.506 e. The average molecular weight is 319 g/mol. The van der Waals surface area contributed by atoms with Crippen LogP contribution in [0, 0.1) is 0 Å². The predicted molar refractivity (Wildman–Crippen MR) is 68.0 cm³/mol. The van der Waals surface area contributed by atoms with Crippen molar-refractivity contribution in [3.8, 4) is 17.2 Å². The summed E-state index contributed by atoms with van der Waals surface area (Å²) in [7, 11) is 0. The molecule has 1 aliphatic rings. The van der Waals surface area contributed by atoms with E-state index in [0.717, 1.165) is 0 Å². The SMILES string of the molecule is Oc1cccc(-c2nc(C3(C(F)(F)F)CCC3)no2)c1Cl. The Labute approximate surface area is 122 Å². The zero-order valence-corrected chi connectivity index (χ0v) is 11.4. The number of aromatic nitrogens is 2. The van der Waals surface area contributed by atoms with Crippen LogP contribution in [0.15, 0.2) is 22.7 Å². The number of alkyl halides is 3. The standard InChI is InChI=1S/C13H10ClF3N2O2/c14-9-7(3-1-4-8(9)20)10-18-11(19-21-10)12(5-2-6-12)13(15,16)17/h1,3-4,20H,2,5-6H2. The smallest absolute Gasteiger partial charge is 0.401 e. The number of hydrogen-bond acceptors (Lipinski definition) is 4. The molecule has 1 heterocycles. The van der Waals surface area contributed by atoms with E-state index in [4.69, 9.17) is 16.1 Å².